The number of aromatic nitrogens is 3. The predicted molar refractivity (Wildman–Crippen MR) is 180 cm³/mol. The van der Waals surface area contributed by atoms with E-state index in [0.717, 1.165) is 32.2 Å². The number of aliphatic hydroxyl groups is 1. The largest absolute Gasteiger partial charge is 0.462 e. The molecule has 2 aromatic carbocycles. The smallest absolute Gasteiger partial charge is 0.319 e. The van der Waals surface area contributed by atoms with Gasteiger partial charge < -0.3 is 19.6 Å². The van der Waals surface area contributed by atoms with Gasteiger partial charge in [-0.1, -0.05) is 42.4 Å². The van der Waals surface area contributed by atoms with E-state index in [-0.39, 0.29) is 60.1 Å². The molecule has 0 saturated carbocycles. The summed E-state index contributed by atoms with van der Waals surface area (Å²) in [5, 5.41) is 18.6. The number of piperazine rings is 1. The van der Waals surface area contributed by atoms with E-state index in [1.807, 2.05) is 4.90 Å². The Balaban J connectivity index is 0.00000134. The molecule has 49 heavy (non-hydrogen) atoms. The Morgan fingerprint density at radius 3 is 2.63 bits per heavy atom. The number of nitriles is 1. The second-order valence-electron chi connectivity index (χ2n) is 12.4. The van der Waals surface area contributed by atoms with Crippen molar-refractivity contribution >= 4 is 45.0 Å². The molecule has 2 unspecified atom stereocenters. The Bertz CT molecular complexity index is 1970. The van der Waals surface area contributed by atoms with Crippen LogP contribution in [0.4, 0.5) is 19.0 Å². The van der Waals surface area contributed by atoms with Crippen LogP contribution >= 0.6 is 11.6 Å². The van der Waals surface area contributed by atoms with Gasteiger partial charge in [0.1, 0.15) is 29.5 Å². The second-order valence-corrected chi connectivity index (χ2v) is 12.7. The molecule has 0 spiro atoms. The van der Waals surface area contributed by atoms with Gasteiger partial charge in [-0.05, 0) is 43.7 Å². The number of ether oxygens (including phenoxy) is 1. The maximum atomic E-state index is 16.6. The number of nitrogens with zero attached hydrogens (tertiary/aromatic N) is 7. The zero-order valence-electron chi connectivity index (χ0n) is 26.9. The van der Waals surface area contributed by atoms with Crippen molar-refractivity contribution in [3.05, 3.63) is 65.6 Å². The lowest BCUT2D eigenvalue weighted by atomic mass is 9.95. The van der Waals surface area contributed by atoms with Crippen LogP contribution in [0.5, 0.6) is 6.01 Å². The highest BCUT2D eigenvalue weighted by Gasteiger charge is 2.49. The number of benzene rings is 2. The van der Waals surface area contributed by atoms with Gasteiger partial charge in [-0.15, -0.1) is 0 Å². The summed E-state index contributed by atoms with van der Waals surface area (Å²) in [6.07, 6.45) is 5.12. The number of pyridine rings is 1. The highest BCUT2D eigenvalue weighted by Crippen LogP contribution is 2.42. The van der Waals surface area contributed by atoms with Crippen LogP contribution in [0.25, 0.3) is 32.9 Å². The number of amides is 1. The van der Waals surface area contributed by atoms with Crippen LogP contribution in [0.15, 0.2) is 48.9 Å². The maximum Gasteiger partial charge on any atom is 0.319 e. The predicted octanol–water partition coefficient (Wildman–Crippen LogP) is 5.81. The van der Waals surface area contributed by atoms with Crippen molar-refractivity contribution in [2.24, 2.45) is 0 Å². The summed E-state index contributed by atoms with van der Waals surface area (Å²) in [7, 11) is 0. The Labute approximate surface area is 286 Å². The molecule has 14 heteroatoms. The highest BCUT2D eigenvalue weighted by atomic mass is 35.5. The number of hydrogen-bond donors (Lipinski definition) is 1. The third-order valence-electron chi connectivity index (χ3n) is 9.67. The van der Waals surface area contributed by atoms with E-state index in [1.165, 1.54) is 24.1 Å². The van der Waals surface area contributed by atoms with Gasteiger partial charge in [-0.2, -0.15) is 15.2 Å². The standard InChI is InChI=1S/C33H32ClF3N6O3.C2H3N/c1-19(35)31(45)42-14-12-41(13-15-42)30-23-16-38-28(22-5-2-4-20-6-7-24(36)26(34)25(20)22)27(37)29(23)39-32(40-30)46-17-21-8-10-33(18-44)9-3-11-43(21)33;1-2-3/h2,4-7,16,21,44H,1,3,8-15,17-18H2;1H3. The van der Waals surface area contributed by atoms with Crippen LogP contribution in [-0.2, 0) is 4.79 Å². The molecular weight excluding hydrogens is 659 g/mol. The molecule has 10 nitrogen and oxygen atoms in total. The molecule has 1 amide bonds. The zero-order chi connectivity index (χ0) is 34.9. The van der Waals surface area contributed by atoms with Gasteiger partial charge in [-0.25, -0.2) is 13.2 Å². The highest BCUT2D eigenvalue weighted by molar-refractivity contribution is 6.36. The Hall–Kier alpha value is -4.51. The summed E-state index contributed by atoms with van der Waals surface area (Å²) in [5.74, 6) is -2.81. The first-order chi connectivity index (χ1) is 23.6. The minimum atomic E-state index is -1.03. The van der Waals surface area contributed by atoms with Crippen LogP contribution in [-0.4, -0.2) is 93.3 Å². The lowest BCUT2D eigenvalue weighted by molar-refractivity contribution is -0.128. The summed E-state index contributed by atoms with van der Waals surface area (Å²) in [6.45, 7) is 6.75. The topological polar surface area (TPSA) is 119 Å². The average Bonchev–Trinajstić information content (AvgIpc) is 3.69. The van der Waals surface area contributed by atoms with Crippen molar-refractivity contribution < 1.29 is 27.8 Å². The molecule has 3 aliphatic rings. The molecule has 5 heterocycles. The summed E-state index contributed by atoms with van der Waals surface area (Å²) in [6, 6.07) is 9.70. The van der Waals surface area contributed by atoms with Gasteiger partial charge in [0.05, 0.1) is 23.1 Å². The summed E-state index contributed by atoms with van der Waals surface area (Å²) in [5.41, 5.74) is -0.0128. The summed E-state index contributed by atoms with van der Waals surface area (Å²) >= 11 is 6.37. The third-order valence-corrected chi connectivity index (χ3v) is 10.0. The van der Waals surface area contributed by atoms with E-state index >= 15 is 4.39 Å². The second kappa shape index (κ2) is 14.2. The van der Waals surface area contributed by atoms with Crippen molar-refractivity contribution in [2.75, 3.05) is 50.8 Å². The first kappa shape index (κ1) is 34.4. The number of hydrogen-bond acceptors (Lipinski definition) is 9. The fraction of sp³-hybridized carbons (Fsp3) is 0.400. The fourth-order valence-corrected chi connectivity index (χ4v) is 7.57. The lowest BCUT2D eigenvalue weighted by Crippen LogP contribution is -2.49. The van der Waals surface area contributed by atoms with Gasteiger partial charge in [0.25, 0.3) is 5.91 Å². The average molecular weight is 694 g/mol. The van der Waals surface area contributed by atoms with E-state index in [1.54, 1.807) is 30.3 Å². The van der Waals surface area contributed by atoms with Crippen molar-refractivity contribution in [3.63, 3.8) is 0 Å². The molecular formula is C35H35ClF3N7O3. The molecule has 0 bridgehead atoms. The number of rotatable bonds is 7. The van der Waals surface area contributed by atoms with Crippen LogP contribution in [0.3, 0.4) is 0 Å². The molecule has 3 fully saturated rings. The van der Waals surface area contributed by atoms with Gasteiger partial charge in [0.2, 0.25) is 0 Å². The van der Waals surface area contributed by atoms with E-state index in [9.17, 15) is 18.7 Å². The van der Waals surface area contributed by atoms with Crippen LogP contribution < -0.4 is 9.64 Å². The van der Waals surface area contributed by atoms with Crippen molar-refractivity contribution in [2.45, 2.75) is 44.2 Å². The van der Waals surface area contributed by atoms with E-state index in [0.29, 0.717) is 40.6 Å². The minimum Gasteiger partial charge on any atom is -0.462 e. The number of anilines is 1. The first-order valence-corrected chi connectivity index (χ1v) is 16.4. The summed E-state index contributed by atoms with van der Waals surface area (Å²) < 4.78 is 50.8. The molecule has 4 aromatic rings. The van der Waals surface area contributed by atoms with Gasteiger partial charge in [0, 0.05) is 61.8 Å². The van der Waals surface area contributed by atoms with Crippen LogP contribution in [0.2, 0.25) is 5.02 Å². The number of carbonyl (C=O) groups excluding carboxylic acids is 1. The Morgan fingerprint density at radius 1 is 1.16 bits per heavy atom. The van der Waals surface area contributed by atoms with Crippen LogP contribution in [0.1, 0.15) is 32.6 Å². The molecule has 7 rings (SSSR count). The quantitative estimate of drug-likeness (QED) is 0.240. The third kappa shape index (κ3) is 6.36. The molecule has 0 aliphatic carbocycles. The van der Waals surface area contributed by atoms with Gasteiger partial charge >= 0.3 is 6.01 Å². The number of fused-ring (bicyclic) bond motifs is 3. The molecule has 2 aromatic heterocycles. The monoisotopic (exact) mass is 693 g/mol. The number of halogens is 4. The molecule has 3 saturated heterocycles. The fourth-order valence-electron chi connectivity index (χ4n) is 7.30. The molecule has 256 valence electrons. The van der Waals surface area contributed by atoms with E-state index in [4.69, 9.17) is 21.6 Å². The minimum absolute atomic E-state index is 0.0307. The van der Waals surface area contributed by atoms with Crippen LogP contribution in [0, 0.1) is 23.0 Å². The number of aliphatic hydroxyl groups excluding tert-OH is 1. The zero-order valence-corrected chi connectivity index (χ0v) is 27.7. The molecule has 3 aliphatic heterocycles. The van der Waals surface area contributed by atoms with Crippen molar-refractivity contribution in [1.29, 1.82) is 5.26 Å². The summed E-state index contributed by atoms with van der Waals surface area (Å²) in [4.78, 5) is 31.3. The SMILES string of the molecule is C=C(F)C(=O)N1CCN(c2nc(OCC3CCC4(CO)CCCN34)nc3c(F)c(-c4cccc5ccc(F)c(Cl)c45)ncc23)CC1.CC#N. The van der Waals surface area contributed by atoms with Crippen molar-refractivity contribution in [3.8, 4) is 23.3 Å². The number of carbonyl (C=O) groups is 1. The molecule has 0 radical (unpaired) electrons. The lowest BCUT2D eigenvalue weighted by Gasteiger charge is -2.35. The van der Waals surface area contributed by atoms with E-state index < -0.39 is 23.4 Å². The maximum absolute atomic E-state index is 16.6. The molecule has 2 atom stereocenters. The van der Waals surface area contributed by atoms with Gasteiger partial charge in [0.15, 0.2) is 11.6 Å². The Kier molecular flexibility index (Phi) is 9.92. The molecule has 1 N–H and O–H groups in total. The van der Waals surface area contributed by atoms with Gasteiger partial charge in [-0.3, -0.25) is 14.7 Å². The first-order valence-electron chi connectivity index (χ1n) is 16.1. The normalized spacial score (nSPS) is 20.6. The van der Waals surface area contributed by atoms with E-state index in [2.05, 4.69) is 26.4 Å². The Morgan fingerprint density at radius 2 is 1.92 bits per heavy atom. The van der Waals surface area contributed by atoms with Crippen molar-refractivity contribution in [1.82, 2.24) is 24.8 Å².